The molecule has 0 spiro atoms. The minimum atomic E-state index is 0.726. The molecule has 1 aromatic rings. The number of hydrogen-bond acceptors (Lipinski definition) is 4. The molecule has 2 heterocycles. The number of anilines is 1. The molecular weight excluding hydrogens is 236 g/mol. The van der Waals surface area contributed by atoms with E-state index in [0.717, 1.165) is 43.8 Å². The fraction of sp³-hybridized carbons (Fsp3) is 0.733. The maximum atomic E-state index is 5.63. The van der Waals surface area contributed by atoms with Crippen molar-refractivity contribution in [2.24, 2.45) is 11.7 Å². The Bertz CT molecular complexity index is 391. The van der Waals surface area contributed by atoms with E-state index >= 15 is 0 Å². The molecule has 2 aliphatic rings. The number of hydrogen-bond donors (Lipinski definition) is 1. The maximum Gasteiger partial charge on any atom is 0.225 e. The number of rotatable bonds is 4. The van der Waals surface area contributed by atoms with Gasteiger partial charge >= 0.3 is 0 Å². The highest BCUT2D eigenvalue weighted by Gasteiger charge is 2.22. The summed E-state index contributed by atoms with van der Waals surface area (Å²) in [6.07, 6.45) is 11.7. The Morgan fingerprint density at radius 2 is 1.79 bits per heavy atom. The molecule has 0 unspecified atom stereocenters. The van der Waals surface area contributed by atoms with E-state index in [0.29, 0.717) is 0 Å². The van der Waals surface area contributed by atoms with E-state index in [2.05, 4.69) is 14.9 Å². The highest BCUT2D eigenvalue weighted by atomic mass is 15.2. The van der Waals surface area contributed by atoms with Gasteiger partial charge in [0.2, 0.25) is 5.95 Å². The van der Waals surface area contributed by atoms with E-state index < -0.39 is 0 Å². The lowest BCUT2D eigenvalue weighted by Crippen LogP contribution is -2.35. The summed E-state index contributed by atoms with van der Waals surface area (Å²) in [6.45, 7) is 2.97. The Morgan fingerprint density at radius 3 is 2.32 bits per heavy atom. The molecule has 0 aromatic carbocycles. The summed E-state index contributed by atoms with van der Waals surface area (Å²) in [5.41, 5.74) is 6.96. The van der Waals surface area contributed by atoms with Crippen LogP contribution in [0.5, 0.6) is 0 Å². The summed E-state index contributed by atoms with van der Waals surface area (Å²) in [6, 6.07) is 0. The van der Waals surface area contributed by atoms with Crippen LogP contribution in [0.4, 0.5) is 5.95 Å². The van der Waals surface area contributed by atoms with Crippen LogP contribution in [0.15, 0.2) is 12.4 Å². The van der Waals surface area contributed by atoms with E-state index in [9.17, 15) is 0 Å². The normalized spacial score (nSPS) is 21.4. The summed E-state index contributed by atoms with van der Waals surface area (Å²) in [5, 5.41) is 0. The summed E-state index contributed by atoms with van der Waals surface area (Å²) in [7, 11) is 0. The number of piperidine rings is 1. The van der Waals surface area contributed by atoms with Crippen LogP contribution in [0.2, 0.25) is 0 Å². The maximum absolute atomic E-state index is 5.63. The molecule has 1 aliphatic carbocycles. The van der Waals surface area contributed by atoms with Crippen LogP contribution in [0.1, 0.15) is 50.0 Å². The first-order chi connectivity index (χ1) is 9.36. The Labute approximate surface area is 115 Å². The van der Waals surface area contributed by atoms with Gasteiger partial charge in [-0.05, 0) is 56.0 Å². The van der Waals surface area contributed by atoms with Crippen LogP contribution in [0, 0.1) is 5.92 Å². The van der Waals surface area contributed by atoms with Gasteiger partial charge in [0, 0.05) is 25.5 Å². The predicted octanol–water partition coefficient (Wildman–Crippen LogP) is 2.31. The zero-order valence-electron chi connectivity index (χ0n) is 11.6. The standard InChI is InChI=1S/C15H24N4/c16-7-4-12-5-8-19(9-6-12)15-17-10-14(11-18-15)13-2-1-3-13/h10-13H,1-9,16H2. The van der Waals surface area contributed by atoms with Gasteiger partial charge in [-0.25, -0.2) is 9.97 Å². The van der Waals surface area contributed by atoms with Crippen molar-refractivity contribution in [3.8, 4) is 0 Å². The van der Waals surface area contributed by atoms with Crippen LogP contribution in [0.25, 0.3) is 0 Å². The molecule has 1 saturated heterocycles. The molecular formula is C15H24N4. The Kier molecular flexibility index (Phi) is 3.97. The molecule has 0 atom stereocenters. The quantitative estimate of drug-likeness (QED) is 0.902. The largest absolute Gasteiger partial charge is 0.341 e. The lowest BCUT2D eigenvalue weighted by Gasteiger charge is -2.32. The van der Waals surface area contributed by atoms with Gasteiger partial charge in [0.05, 0.1) is 0 Å². The van der Waals surface area contributed by atoms with E-state index in [1.165, 1.54) is 37.7 Å². The average Bonchev–Trinajstić information content (AvgIpc) is 2.39. The van der Waals surface area contributed by atoms with Gasteiger partial charge in [-0.2, -0.15) is 0 Å². The van der Waals surface area contributed by atoms with Gasteiger partial charge in [0.1, 0.15) is 0 Å². The third-order valence-corrected chi connectivity index (χ3v) is 4.71. The molecule has 0 amide bonds. The van der Waals surface area contributed by atoms with Crippen LogP contribution < -0.4 is 10.6 Å². The molecule has 4 heteroatoms. The molecule has 104 valence electrons. The molecule has 3 rings (SSSR count). The van der Waals surface area contributed by atoms with Crippen LogP contribution >= 0.6 is 0 Å². The second-order valence-corrected chi connectivity index (χ2v) is 5.95. The summed E-state index contributed by atoms with van der Waals surface area (Å²) < 4.78 is 0. The van der Waals surface area contributed by atoms with Gasteiger partial charge < -0.3 is 10.6 Å². The summed E-state index contributed by atoms with van der Waals surface area (Å²) >= 11 is 0. The Morgan fingerprint density at radius 1 is 1.11 bits per heavy atom. The number of nitrogens with two attached hydrogens (primary N) is 1. The number of nitrogens with zero attached hydrogens (tertiary/aromatic N) is 3. The van der Waals surface area contributed by atoms with Crippen molar-refractivity contribution >= 4 is 5.95 Å². The molecule has 19 heavy (non-hydrogen) atoms. The monoisotopic (exact) mass is 260 g/mol. The van der Waals surface area contributed by atoms with E-state index in [4.69, 9.17) is 5.73 Å². The SMILES string of the molecule is NCCC1CCN(c2ncc(C3CCC3)cn2)CC1. The molecule has 0 bridgehead atoms. The summed E-state index contributed by atoms with van der Waals surface area (Å²) in [5.74, 6) is 2.44. The lowest BCUT2D eigenvalue weighted by molar-refractivity contribution is 0.383. The van der Waals surface area contributed by atoms with Crippen molar-refractivity contribution in [3.05, 3.63) is 18.0 Å². The average molecular weight is 260 g/mol. The van der Waals surface area contributed by atoms with Crippen molar-refractivity contribution in [1.82, 2.24) is 9.97 Å². The van der Waals surface area contributed by atoms with Crippen LogP contribution in [-0.2, 0) is 0 Å². The second kappa shape index (κ2) is 5.87. The number of aromatic nitrogens is 2. The van der Waals surface area contributed by atoms with Crippen LogP contribution in [0.3, 0.4) is 0 Å². The molecule has 1 aromatic heterocycles. The van der Waals surface area contributed by atoms with E-state index in [1.807, 2.05) is 12.4 Å². The molecule has 2 fully saturated rings. The van der Waals surface area contributed by atoms with Crippen LogP contribution in [-0.4, -0.2) is 29.6 Å². The predicted molar refractivity (Wildman–Crippen MR) is 77.2 cm³/mol. The smallest absolute Gasteiger partial charge is 0.225 e. The first kappa shape index (κ1) is 12.9. The van der Waals surface area contributed by atoms with Crippen molar-refractivity contribution < 1.29 is 0 Å². The molecule has 0 radical (unpaired) electrons. The first-order valence-electron chi connectivity index (χ1n) is 7.64. The lowest BCUT2D eigenvalue weighted by atomic mass is 9.81. The molecule has 4 nitrogen and oxygen atoms in total. The van der Waals surface area contributed by atoms with Crippen molar-refractivity contribution in [3.63, 3.8) is 0 Å². The van der Waals surface area contributed by atoms with Crippen molar-refractivity contribution in [1.29, 1.82) is 0 Å². The van der Waals surface area contributed by atoms with Gasteiger partial charge in [-0.3, -0.25) is 0 Å². The Balaban J connectivity index is 1.57. The fourth-order valence-corrected chi connectivity index (χ4v) is 3.10. The highest BCUT2D eigenvalue weighted by molar-refractivity contribution is 5.31. The Hall–Kier alpha value is -1.16. The zero-order valence-corrected chi connectivity index (χ0v) is 11.6. The van der Waals surface area contributed by atoms with Gasteiger partial charge in [-0.1, -0.05) is 6.42 Å². The van der Waals surface area contributed by atoms with Gasteiger partial charge in [0.15, 0.2) is 0 Å². The zero-order chi connectivity index (χ0) is 13.1. The van der Waals surface area contributed by atoms with Crippen molar-refractivity contribution in [2.45, 2.75) is 44.4 Å². The first-order valence-corrected chi connectivity index (χ1v) is 7.64. The third-order valence-electron chi connectivity index (χ3n) is 4.71. The molecule has 1 aliphatic heterocycles. The highest BCUT2D eigenvalue weighted by Crippen LogP contribution is 2.35. The van der Waals surface area contributed by atoms with Crippen molar-refractivity contribution in [2.75, 3.05) is 24.5 Å². The fourth-order valence-electron chi connectivity index (χ4n) is 3.10. The summed E-state index contributed by atoms with van der Waals surface area (Å²) in [4.78, 5) is 11.4. The van der Waals surface area contributed by atoms with E-state index in [1.54, 1.807) is 0 Å². The van der Waals surface area contributed by atoms with E-state index in [-0.39, 0.29) is 0 Å². The van der Waals surface area contributed by atoms with Gasteiger partial charge in [-0.15, -0.1) is 0 Å². The second-order valence-electron chi connectivity index (χ2n) is 5.95. The minimum absolute atomic E-state index is 0.726. The molecule has 1 saturated carbocycles. The molecule has 2 N–H and O–H groups in total. The minimum Gasteiger partial charge on any atom is -0.341 e. The van der Waals surface area contributed by atoms with Gasteiger partial charge in [0.25, 0.3) is 0 Å². The third kappa shape index (κ3) is 2.89. The topological polar surface area (TPSA) is 55.0 Å².